The summed E-state index contributed by atoms with van der Waals surface area (Å²) in [5.74, 6) is 0.405. The molecule has 0 atom stereocenters. The number of nitrogens with one attached hydrogen (secondary N) is 1. The molecule has 0 saturated carbocycles. The van der Waals surface area contributed by atoms with E-state index >= 15 is 0 Å². The van der Waals surface area contributed by atoms with Crippen LogP contribution in [0.4, 0.5) is 5.69 Å². The largest absolute Gasteiger partial charge is 0.321 e. The van der Waals surface area contributed by atoms with E-state index in [1.807, 2.05) is 55.5 Å². The monoisotopic (exact) mass is 442 g/mol. The molecule has 5 aromatic rings. The lowest BCUT2D eigenvalue weighted by atomic mass is 10.1. The molecule has 0 radical (unpaired) electrons. The smallest absolute Gasteiger partial charge is 0.269 e. The summed E-state index contributed by atoms with van der Waals surface area (Å²) in [7, 11) is 0. The number of fused-ring (bicyclic) bond motifs is 1. The van der Waals surface area contributed by atoms with Gasteiger partial charge in [0.15, 0.2) is 11.5 Å². The summed E-state index contributed by atoms with van der Waals surface area (Å²) in [5.41, 5.74) is 4.44. The van der Waals surface area contributed by atoms with E-state index in [1.54, 1.807) is 16.9 Å². The van der Waals surface area contributed by atoms with Gasteiger partial charge in [-0.3, -0.25) is 9.78 Å². The minimum Gasteiger partial charge on any atom is -0.321 e. The number of hydrogen-bond donors (Lipinski definition) is 1. The highest BCUT2D eigenvalue weighted by Crippen LogP contribution is 2.24. The molecule has 0 spiro atoms. The van der Waals surface area contributed by atoms with E-state index in [1.165, 1.54) is 0 Å². The van der Waals surface area contributed by atoms with Crippen LogP contribution in [-0.4, -0.2) is 40.3 Å². The molecule has 0 bridgehead atoms. The zero-order valence-corrected chi connectivity index (χ0v) is 18.0. The molecule has 1 aromatic carbocycles. The Morgan fingerprint density at radius 2 is 1.97 bits per heavy atom. The maximum atomic E-state index is 12.7. The highest BCUT2D eigenvalue weighted by Gasteiger charge is 2.16. The van der Waals surface area contributed by atoms with Crippen LogP contribution in [0.25, 0.3) is 28.3 Å². The molecule has 0 saturated heterocycles. The number of rotatable bonds is 6. The minimum atomic E-state index is -0.207. The van der Waals surface area contributed by atoms with Crippen LogP contribution in [0.5, 0.6) is 0 Å². The van der Waals surface area contributed by atoms with Gasteiger partial charge in [0, 0.05) is 29.2 Å². The molecule has 32 heavy (non-hydrogen) atoms. The maximum Gasteiger partial charge on any atom is 0.269 e. The Morgan fingerprint density at radius 1 is 1.06 bits per heavy atom. The minimum absolute atomic E-state index is 0.207. The lowest BCUT2D eigenvalue weighted by Crippen LogP contribution is -2.12. The second-order valence-corrected chi connectivity index (χ2v) is 7.84. The molecule has 4 aromatic heterocycles. The van der Waals surface area contributed by atoms with Crippen molar-refractivity contribution in [2.45, 2.75) is 19.8 Å². The zero-order chi connectivity index (χ0) is 21.9. The lowest BCUT2D eigenvalue weighted by Gasteiger charge is -2.08. The summed E-state index contributed by atoms with van der Waals surface area (Å²) in [5, 5.41) is 20.2. The average Bonchev–Trinajstić information content (AvgIpc) is 3.47. The molecular formula is C22H18N8OS. The van der Waals surface area contributed by atoms with Crippen molar-refractivity contribution in [1.82, 2.24) is 34.4 Å². The van der Waals surface area contributed by atoms with E-state index in [0.717, 1.165) is 46.9 Å². The van der Waals surface area contributed by atoms with Gasteiger partial charge in [-0.25, -0.2) is 0 Å². The molecule has 158 valence electrons. The summed E-state index contributed by atoms with van der Waals surface area (Å²) >= 11 is 1.11. The fourth-order valence-corrected chi connectivity index (χ4v) is 3.95. The van der Waals surface area contributed by atoms with Crippen molar-refractivity contribution in [3.05, 3.63) is 71.5 Å². The Morgan fingerprint density at radius 3 is 2.81 bits per heavy atom. The van der Waals surface area contributed by atoms with E-state index in [2.05, 4.69) is 30.1 Å². The third-order valence-electron chi connectivity index (χ3n) is 4.85. The van der Waals surface area contributed by atoms with Crippen molar-refractivity contribution in [3.63, 3.8) is 0 Å². The highest BCUT2D eigenvalue weighted by molar-refractivity contribution is 7.08. The van der Waals surface area contributed by atoms with Crippen LogP contribution in [-0.2, 0) is 6.42 Å². The van der Waals surface area contributed by atoms with Crippen LogP contribution in [0, 0.1) is 0 Å². The van der Waals surface area contributed by atoms with Crippen LogP contribution in [0.1, 0.15) is 28.7 Å². The van der Waals surface area contributed by atoms with E-state index in [9.17, 15) is 4.79 Å². The van der Waals surface area contributed by atoms with Crippen LogP contribution < -0.4 is 5.32 Å². The summed E-state index contributed by atoms with van der Waals surface area (Å²) in [4.78, 5) is 17.4. The molecule has 9 nitrogen and oxygen atoms in total. The normalized spacial score (nSPS) is 11.0. The first-order valence-corrected chi connectivity index (χ1v) is 10.9. The summed E-state index contributed by atoms with van der Waals surface area (Å²) < 4.78 is 5.62. The van der Waals surface area contributed by atoms with Gasteiger partial charge in [-0.1, -0.05) is 30.0 Å². The van der Waals surface area contributed by atoms with E-state index in [4.69, 9.17) is 5.10 Å². The topological polar surface area (TPSA) is 111 Å². The number of anilines is 1. The second kappa shape index (κ2) is 8.60. The fraction of sp³-hybridized carbons (Fsp3) is 0.136. The van der Waals surface area contributed by atoms with Crippen LogP contribution in [0.2, 0.25) is 0 Å². The van der Waals surface area contributed by atoms with Gasteiger partial charge in [-0.05, 0) is 54.4 Å². The fourth-order valence-electron chi connectivity index (χ4n) is 3.34. The van der Waals surface area contributed by atoms with Crippen molar-refractivity contribution in [2.75, 3.05) is 5.32 Å². The van der Waals surface area contributed by atoms with Gasteiger partial charge in [-0.2, -0.15) is 9.61 Å². The van der Waals surface area contributed by atoms with Crippen molar-refractivity contribution < 1.29 is 4.79 Å². The Labute approximate surface area is 187 Å². The SMILES string of the molecule is CCCc1nnsc1C(=O)Nc1cccc(-c2ccc3nnc(-c4cccnc4)n3n2)c1. The van der Waals surface area contributed by atoms with Gasteiger partial charge >= 0.3 is 0 Å². The zero-order valence-electron chi connectivity index (χ0n) is 17.1. The molecule has 1 N–H and O–H groups in total. The summed E-state index contributed by atoms with van der Waals surface area (Å²) in [6.07, 6.45) is 5.06. The second-order valence-electron chi connectivity index (χ2n) is 7.09. The predicted octanol–water partition coefficient (Wildman–Crippen LogP) is 3.91. The number of benzene rings is 1. The number of amides is 1. The third kappa shape index (κ3) is 3.83. The van der Waals surface area contributed by atoms with Crippen molar-refractivity contribution >= 4 is 28.8 Å². The van der Waals surface area contributed by atoms with E-state index in [0.29, 0.717) is 22.0 Å². The number of carbonyl (C=O) groups is 1. The molecule has 0 aliphatic heterocycles. The van der Waals surface area contributed by atoms with Crippen LogP contribution in [0.3, 0.4) is 0 Å². The molecule has 10 heteroatoms. The van der Waals surface area contributed by atoms with Gasteiger partial charge in [-0.15, -0.1) is 15.3 Å². The number of aryl methyl sites for hydroxylation is 1. The molecule has 1 amide bonds. The quantitative estimate of drug-likeness (QED) is 0.424. The number of carbonyl (C=O) groups excluding carboxylic acids is 1. The van der Waals surface area contributed by atoms with Gasteiger partial charge < -0.3 is 5.32 Å². The summed E-state index contributed by atoms with van der Waals surface area (Å²) in [6.45, 7) is 2.05. The van der Waals surface area contributed by atoms with Gasteiger partial charge in [0.1, 0.15) is 4.88 Å². The molecule has 0 aliphatic carbocycles. The number of aromatic nitrogens is 7. The van der Waals surface area contributed by atoms with Crippen molar-refractivity contribution in [2.24, 2.45) is 0 Å². The average molecular weight is 443 g/mol. The Kier molecular flexibility index (Phi) is 5.34. The number of pyridine rings is 1. The Bertz CT molecular complexity index is 1400. The maximum absolute atomic E-state index is 12.7. The van der Waals surface area contributed by atoms with E-state index < -0.39 is 0 Å². The standard InChI is InChI=1S/C22H18N8OS/c1-2-5-18-20(32-29-25-18)22(31)24-16-8-3-6-14(12-16)17-9-10-19-26-27-21(30(19)28-17)15-7-4-11-23-13-15/h3-4,6-13H,2,5H2,1H3,(H,24,31). The lowest BCUT2D eigenvalue weighted by molar-refractivity contribution is 0.102. The summed E-state index contributed by atoms with van der Waals surface area (Å²) in [6, 6.07) is 15.0. The highest BCUT2D eigenvalue weighted by atomic mass is 32.1. The molecule has 5 rings (SSSR count). The Balaban J connectivity index is 1.45. The number of hydrogen-bond acceptors (Lipinski definition) is 8. The third-order valence-corrected chi connectivity index (χ3v) is 5.61. The molecule has 0 aliphatic rings. The first-order chi connectivity index (χ1) is 15.7. The predicted molar refractivity (Wildman–Crippen MR) is 121 cm³/mol. The molecule has 4 heterocycles. The van der Waals surface area contributed by atoms with Crippen LogP contribution >= 0.6 is 11.5 Å². The van der Waals surface area contributed by atoms with Crippen molar-refractivity contribution in [1.29, 1.82) is 0 Å². The number of nitrogens with zero attached hydrogens (tertiary/aromatic N) is 7. The molecular weight excluding hydrogens is 424 g/mol. The Hall–Kier alpha value is -4.05. The van der Waals surface area contributed by atoms with Gasteiger partial charge in [0.2, 0.25) is 0 Å². The van der Waals surface area contributed by atoms with Crippen LogP contribution in [0.15, 0.2) is 60.9 Å². The molecule has 0 fully saturated rings. The van der Waals surface area contributed by atoms with Gasteiger partial charge in [0.05, 0.1) is 11.4 Å². The van der Waals surface area contributed by atoms with Gasteiger partial charge in [0.25, 0.3) is 5.91 Å². The first-order valence-electron chi connectivity index (χ1n) is 10.1. The molecule has 0 unspecified atom stereocenters. The van der Waals surface area contributed by atoms with E-state index in [-0.39, 0.29) is 5.91 Å². The van der Waals surface area contributed by atoms with Crippen molar-refractivity contribution in [3.8, 4) is 22.6 Å². The first kappa shape index (κ1) is 19.9.